The van der Waals surface area contributed by atoms with Crippen molar-refractivity contribution in [1.29, 1.82) is 0 Å². The lowest BCUT2D eigenvalue weighted by atomic mass is 10.1. The molecule has 1 aromatic carbocycles. The van der Waals surface area contributed by atoms with Gasteiger partial charge in [-0.3, -0.25) is 4.79 Å². The second kappa shape index (κ2) is 8.07. The highest BCUT2D eigenvalue weighted by Crippen LogP contribution is 2.21. The summed E-state index contributed by atoms with van der Waals surface area (Å²) in [5.74, 6) is 1.96. The van der Waals surface area contributed by atoms with Crippen LogP contribution < -0.4 is 5.32 Å². The van der Waals surface area contributed by atoms with E-state index in [1.54, 1.807) is 7.11 Å². The molecule has 25 heavy (non-hydrogen) atoms. The summed E-state index contributed by atoms with van der Waals surface area (Å²) in [6.07, 6.45) is 0.578. The third kappa shape index (κ3) is 4.76. The third-order valence-corrected chi connectivity index (χ3v) is 4.26. The molecule has 0 spiro atoms. The van der Waals surface area contributed by atoms with Gasteiger partial charge in [0.2, 0.25) is 5.91 Å². The molecule has 1 unspecified atom stereocenters. The highest BCUT2D eigenvalue weighted by Gasteiger charge is 2.29. The van der Waals surface area contributed by atoms with Crippen LogP contribution in [0.2, 0.25) is 0 Å². The Labute approximate surface area is 148 Å². The smallest absolute Gasteiger partial charge is 0.223 e. The number of anilines is 1. The quantitative estimate of drug-likeness (QED) is 0.838. The van der Waals surface area contributed by atoms with Crippen LogP contribution >= 0.6 is 0 Å². The summed E-state index contributed by atoms with van der Waals surface area (Å²) in [7, 11) is 1.63. The van der Waals surface area contributed by atoms with E-state index in [1.807, 2.05) is 36.1 Å². The van der Waals surface area contributed by atoms with Gasteiger partial charge in [-0.05, 0) is 12.5 Å². The van der Waals surface area contributed by atoms with Gasteiger partial charge in [-0.1, -0.05) is 30.3 Å². The van der Waals surface area contributed by atoms with Crippen LogP contribution in [-0.2, 0) is 22.7 Å². The topological polar surface area (TPSA) is 67.3 Å². The third-order valence-electron chi connectivity index (χ3n) is 4.26. The maximum Gasteiger partial charge on any atom is 0.223 e. The Hall–Kier alpha value is -2.47. The molecule has 1 atom stereocenters. The summed E-state index contributed by atoms with van der Waals surface area (Å²) in [4.78, 5) is 23.0. The first-order chi connectivity index (χ1) is 12.1. The number of ether oxygens (including phenoxy) is 1. The van der Waals surface area contributed by atoms with Crippen molar-refractivity contribution in [2.24, 2.45) is 5.92 Å². The maximum atomic E-state index is 12.2. The summed E-state index contributed by atoms with van der Waals surface area (Å²) < 4.78 is 5.10. The number of nitrogens with one attached hydrogen (secondary N) is 1. The van der Waals surface area contributed by atoms with Crippen LogP contribution in [-0.4, -0.2) is 41.0 Å². The van der Waals surface area contributed by atoms with Gasteiger partial charge in [-0.25, -0.2) is 9.97 Å². The zero-order valence-corrected chi connectivity index (χ0v) is 14.7. The summed E-state index contributed by atoms with van der Waals surface area (Å²) in [5, 5.41) is 3.35. The predicted molar refractivity (Wildman–Crippen MR) is 95.9 cm³/mol. The number of aromatic nitrogens is 2. The van der Waals surface area contributed by atoms with E-state index in [-0.39, 0.29) is 11.8 Å². The molecule has 1 amide bonds. The molecule has 1 aliphatic rings. The van der Waals surface area contributed by atoms with Crippen molar-refractivity contribution in [1.82, 2.24) is 14.9 Å². The van der Waals surface area contributed by atoms with Crippen LogP contribution in [0.5, 0.6) is 0 Å². The average Bonchev–Trinajstić information content (AvgIpc) is 2.94. The Morgan fingerprint density at radius 3 is 2.84 bits per heavy atom. The van der Waals surface area contributed by atoms with Crippen molar-refractivity contribution >= 4 is 11.7 Å². The van der Waals surface area contributed by atoms with E-state index in [2.05, 4.69) is 27.4 Å². The predicted octanol–water partition coefficient (Wildman–Crippen LogP) is 2.39. The summed E-state index contributed by atoms with van der Waals surface area (Å²) in [6, 6.07) is 12.0. The van der Waals surface area contributed by atoms with Crippen LogP contribution in [0.4, 0.5) is 5.82 Å². The molecule has 0 radical (unpaired) electrons. The normalized spacial score (nSPS) is 17.1. The minimum Gasteiger partial charge on any atom is -0.377 e. The number of aryl methyl sites for hydroxylation is 1. The van der Waals surface area contributed by atoms with Gasteiger partial charge in [0.05, 0.1) is 0 Å². The van der Waals surface area contributed by atoms with Crippen LogP contribution in [0.1, 0.15) is 23.5 Å². The number of nitrogens with zero attached hydrogens (tertiary/aromatic N) is 3. The fraction of sp³-hybridized carbons (Fsp3) is 0.421. The van der Waals surface area contributed by atoms with Crippen LogP contribution in [0.25, 0.3) is 0 Å². The molecule has 132 valence electrons. The number of hydrogen-bond acceptors (Lipinski definition) is 5. The highest BCUT2D eigenvalue weighted by atomic mass is 16.5. The SMILES string of the molecule is COCc1nc(C)cc(NCC2CC(=O)N(Cc3ccccc3)C2)n1. The van der Waals surface area contributed by atoms with Crippen molar-refractivity contribution in [3.05, 3.63) is 53.5 Å². The first kappa shape index (κ1) is 17.4. The zero-order chi connectivity index (χ0) is 17.6. The van der Waals surface area contributed by atoms with E-state index in [0.29, 0.717) is 25.4 Å². The molecule has 1 saturated heterocycles. The highest BCUT2D eigenvalue weighted by molar-refractivity contribution is 5.78. The van der Waals surface area contributed by atoms with Gasteiger partial charge in [0, 0.05) is 50.8 Å². The molecular formula is C19H24N4O2. The largest absolute Gasteiger partial charge is 0.377 e. The van der Waals surface area contributed by atoms with Crippen LogP contribution in [0.3, 0.4) is 0 Å². The van der Waals surface area contributed by atoms with E-state index < -0.39 is 0 Å². The number of rotatable bonds is 7. The molecule has 1 fully saturated rings. The van der Waals surface area contributed by atoms with Gasteiger partial charge in [0.1, 0.15) is 12.4 Å². The number of carbonyl (C=O) groups excluding carboxylic acids is 1. The minimum atomic E-state index is 0.217. The number of methoxy groups -OCH3 is 1. The fourth-order valence-corrected chi connectivity index (χ4v) is 3.11. The Bertz CT molecular complexity index is 721. The number of carbonyl (C=O) groups is 1. The van der Waals surface area contributed by atoms with Gasteiger partial charge in [-0.15, -0.1) is 0 Å². The second-order valence-corrected chi connectivity index (χ2v) is 6.45. The summed E-state index contributed by atoms with van der Waals surface area (Å²) >= 11 is 0. The molecule has 1 aromatic heterocycles. The second-order valence-electron chi connectivity index (χ2n) is 6.45. The number of benzene rings is 1. The van der Waals surface area contributed by atoms with E-state index in [4.69, 9.17) is 4.74 Å². The van der Waals surface area contributed by atoms with Crippen molar-refractivity contribution in [2.75, 3.05) is 25.5 Å². The van der Waals surface area contributed by atoms with E-state index in [9.17, 15) is 4.79 Å². The molecule has 1 N–H and O–H groups in total. The molecule has 0 bridgehead atoms. The first-order valence-corrected chi connectivity index (χ1v) is 8.53. The fourth-order valence-electron chi connectivity index (χ4n) is 3.11. The molecule has 3 rings (SSSR count). The maximum absolute atomic E-state index is 12.2. The van der Waals surface area contributed by atoms with Crippen LogP contribution in [0.15, 0.2) is 36.4 Å². The first-order valence-electron chi connectivity index (χ1n) is 8.53. The van der Waals surface area contributed by atoms with E-state index in [0.717, 1.165) is 24.6 Å². The molecule has 6 heteroatoms. The molecule has 0 saturated carbocycles. The van der Waals surface area contributed by atoms with Gasteiger partial charge < -0.3 is 15.0 Å². The van der Waals surface area contributed by atoms with Gasteiger partial charge in [0.25, 0.3) is 0 Å². The average molecular weight is 340 g/mol. The Morgan fingerprint density at radius 1 is 1.28 bits per heavy atom. The Balaban J connectivity index is 1.55. The van der Waals surface area contributed by atoms with E-state index >= 15 is 0 Å². The van der Waals surface area contributed by atoms with Crippen molar-refractivity contribution in [3.8, 4) is 0 Å². The lowest BCUT2D eigenvalue weighted by Gasteiger charge is -2.17. The van der Waals surface area contributed by atoms with Gasteiger partial charge in [0.15, 0.2) is 5.82 Å². The number of amides is 1. The number of hydrogen-bond donors (Lipinski definition) is 1. The lowest BCUT2D eigenvalue weighted by Crippen LogP contribution is -2.25. The molecule has 2 aromatic rings. The molecule has 6 nitrogen and oxygen atoms in total. The monoisotopic (exact) mass is 340 g/mol. The van der Waals surface area contributed by atoms with Crippen molar-refractivity contribution < 1.29 is 9.53 Å². The zero-order valence-electron chi connectivity index (χ0n) is 14.7. The van der Waals surface area contributed by atoms with Crippen molar-refractivity contribution in [3.63, 3.8) is 0 Å². The van der Waals surface area contributed by atoms with Crippen molar-refractivity contribution in [2.45, 2.75) is 26.5 Å². The van der Waals surface area contributed by atoms with Gasteiger partial charge in [-0.2, -0.15) is 0 Å². The Morgan fingerprint density at radius 2 is 2.08 bits per heavy atom. The minimum absolute atomic E-state index is 0.217. The molecule has 0 aliphatic carbocycles. The van der Waals surface area contributed by atoms with Crippen LogP contribution in [0, 0.1) is 12.8 Å². The Kier molecular flexibility index (Phi) is 5.60. The number of likely N-dealkylation sites (tertiary alicyclic amines) is 1. The summed E-state index contributed by atoms with van der Waals surface area (Å²) in [6.45, 7) is 4.51. The standard InChI is InChI=1S/C19H24N4O2/c1-14-8-17(22-18(21-14)13-25-2)20-10-16-9-19(24)23(12-16)11-15-6-4-3-5-7-15/h3-8,16H,9-13H2,1-2H3,(H,20,21,22). The van der Waals surface area contributed by atoms with E-state index in [1.165, 1.54) is 5.56 Å². The molecule has 2 heterocycles. The molecular weight excluding hydrogens is 316 g/mol. The summed E-state index contributed by atoms with van der Waals surface area (Å²) in [5.41, 5.74) is 2.07. The molecule has 1 aliphatic heterocycles. The lowest BCUT2D eigenvalue weighted by molar-refractivity contribution is -0.128. The van der Waals surface area contributed by atoms with Gasteiger partial charge >= 0.3 is 0 Å².